The van der Waals surface area contributed by atoms with Crippen molar-refractivity contribution < 1.29 is 8.58 Å². The molecule has 0 amide bonds. The van der Waals surface area contributed by atoms with Crippen molar-refractivity contribution in [3.05, 3.63) is 29.8 Å². The summed E-state index contributed by atoms with van der Waals surface area (Å²) in [4.78, 5) is 11.6. The molecule has 13 heavy (non-hydrogen) atoms. The average Bonchev–Trinajstić information content (AvgIpc) is 2.16. The summed E-state index contributed by atoms with van der Waals surface area (Å²) in [7, 11) is 0. The number of Topliss-reactive ketones (excluding diaryl/α,β-unsaturated/α-hetero) is 1. The van der Waals surface area contributed by atoms with Gasteiger partial charge in [-0.05, 0) is 12.1 Å². The van der Waals surface area contributed by atoms with Gasteiger partial charge < -0.3 is 3.79 Å². The molecule has 1 rings (SSSR count). The summed E-state index contributed by atoms with van der Waals surface area (Å²) in [5.74, 6) is 0.727. The predicted molar refractivity (Wildman–Crippen MR) is 52.0 cm³/mol. The molecule has 0 fully saturated rings. The minimum Gasteiger partial charge on any atom is -0.653 e. The number of rotatable bonds is 3. The van der Waals surface area contributed by atoms with Crippen molar-refractivity contribution in [1.29, 1.82) is 0 Å². The second-order valence-corrected chi connectivity index (χ2v) is 3.37. The first kappa shape index (κ1) is 10.3. The fraction of sp³-hybridized carbons (Fsp3) is 0.300. The molecule has 1 aromatic carbocycles. The summed E-state index contributed by atoms with van der Waals surface area (Å²) in [5, 5.41) is 0. The van der Waals surface area contributed by atoms with Crippen molar-refractivity contribution in [2.75, 3.05) is 0 Å². The number of hydrogen-bond acceptors (Lipinski definition) is 2. The number of ketones is 1. The van der Waals surface area contributed by atoms with E-state index in [-0.39, 0.29) is 11.7 Å². The van der Waals surface area contributed by atoms with Gasteiger partial charge in [-0.15, -0.1) is 0 Å². The van der Waals surface area contributed by atoms with Crippen LogP contribution in [0.5, 0.6) is 5.75 Å². The van der Waals surface area contributed by atoms with Gasteiger partial charge in [0, 0.05) is 5.92 Å². The van der Waals surface area contributed by atoms with Gasteiger partial charge in [-0.25, -0.2) is 0 Å². The molecule has 2 nitrogen and oxygen atoms in total. The molecule has 1 aromatic rings. The molecule has 0 aromatic heterocycles. The number of para-hydroxylation sites is 1. The molecule has 66 valence electrons. The Balaban J connectivity index is 3.06. The van der Waals surface area contributed by atoms with Crippen LogP contribution in [0.3, 0.4) is 0 Å². The lowest BCUT2D eigenvalue weighted by molar-refractivity contribution is 0.0938. The third kappa shape index (κ3) is 2.33. The summed E-state index contributed by atoms with van der Waals surface area (Å²) in [6, 6.07) is 7.24. The van der Waals surface area contributed by atoms with E-state index in [0.29, 0.717) is 11.3 Å². The lowest BCUT2D eigenvalue weighted by Gasteiger charge is -2.10. The van der Waals surface area contributed by atoms with Crippen LogP contribution in [0.15, 0.2) is 24.3 Å². The molecular weight excluding hydrogens is 179 g/mol. The monoisotopic (exact) mass is 190 g/mol. The lowest BCUT2D eigenvalue weighted by atomic mass is 10.0. The van der Waals surface area contributed by atoms with Crippen LogP contribution >= 0.6 is 0 Å². The summed E-state index contributed by atoms with van der Waals surface area (Å²) in [6.45, 7) is 3.75. The largest absolute Gasteiger partial charge is 0.653 e. The van der Waals surface area contributed by atoms with Gasteiger partial charge in [0.2, 0.25) is 0 Å². The first-order valence-electron chi connectivity index (χ1n) is 4.16. The Hall–Kier alpha value is -0.778. The highest BCUT2D eigenvalue weighted by atomic mass is 27.1. The summed E-state index contributed by atoms with van der Waals surface area (Å²) >= 11 is 2.15. The van der Waals surface area contributed by atoms with Crippen molar-refractivity contribution in [2.45, 2.75) is 13.8 Å². The van der Waals surface area contributed by atoms with Crippen molar-refractivity contribution in [1.82, 2.24) is 0 Å². The molecule has 0 saturated carbocycles. The van der Waals surface area contributed by atoms with Crippen LogP contribution in [0.4, 0.5) is 0 Å². The Morgan fingerprint density at radius 1 is 1.38 bits per heavy atom. The van der Waals surface area contributed by atoms with Crippen LogP contribution in [0.25, 0.3) is 0 Å². The minimum absolute atomic E-state index is 0.00120. The first-order valence-corrected chi connectivity index (χ1v) is 4.64. The van der Waals surface area contributed by atoms with Gasteiger partial charge in [0.25, 0.3) is 0 Å². The van der Waals surface area contributed by atoms with Gasteiger partial charge in [-0.2, -0.15) is 0 Å². The van der Waals surface area contributed by atoms with Crippen molar-refractivity contribution in [2.24, 2.45) is 5.92 Å². The van der Waals surface area contributed by atoms with Gasteiger partial charge in [0.15, 0.2) is 5.78 Å². The van der Waals surface area contributed by atoms with E-state index in [9.17, 15) is 4.79 Å². The maximum atomic E-state index is 11.6. The van der Waals surface area contributed by atoms with Gasteiger partial charge in [0.1, 0.15) is 0 Å². The van der Waals surface area contributed by atoms with Crippen molar-refractivity contribution in [3.63, 3.8) is 0 Å². The van der Waals surface area contributed by atoms with E-state index in [4.69, 9.17) is 3.79 Å². The topological polar surface area (TPSA) is 26.3 Å². The lowest BCUT2D eigenvalue weighted by Crippen LogP contribution is -2.09. The quantitative estimate of drug-likeness (QED) is 0.538. The standard InChI is InChI=1S/C10H12O2.Al/c1-7(2)10(12)8-5-3-4-6-9(8)11;/h3-7,11H,1-2H3;/q;+1/p-1. The van der Waals surface area contributed by atoms with Crippen LogP contribution in [0.2, 0.25) is 0 Å². The van der Waals surface area contributed by atoms with E-state index in [1.807, 2.05) is 26.0 Å². The molecule has 0 heterocycles. The van der Waals surface area contributed by atoms with Crippen LogP contribution in [-0.4, -0.2) is 22.4 Å². The summed E-state index contributed by atoms with van der Waals surface area (Å²) in [6.07, 6.45) is 0. The molecular formula is C10H11AlO2. The molecule has 0 saturated heterocycles. The third-order valence-corrected chi connectivity index (χ3v) is 2.06. The van der Waals surface area contributed by atoms with Crippen LogP contribution in [-0.2, 0) is 0 Å². The number of hydrogen-bond donors (Lipinski definition) is 0. The van der Waals surface area contributed by atoms with Gasteiger partial charge in [-0.1, -0.05) is 26.0 Å². The maximum absolute atomic E-state index is 11.6. The molecule has 0 atom stereocenters. The van der Waals surface area contributed by atoms with Crippen molar-refractivity contribution in [3.8, 4) is 5.75 Å². The highest BCUT2D eigenvalue weighted by Gasteiger charge is 2.13. The SMILES string of the molecule is CC(C)C(=O)c1ccccc1[O][Al]. The summed E-state index contributed by atoms with van der Waals surface area (Å²) < 4.78 is 5.01. The van der Waals surface area contributed by atoms with Gasteiger partial charge >= 0.3 is 16.6 Å². The fourth-order valence-corrected chi connectivity index (χ4v) is 1.29. The highest BCUT2D eigenvalue weighted by molar-refractivity contribution is 6.04. The van der Waals surface area contributed by atoms with E-state index >= 15 is 0 Å². The molecule has 2 radical (unpaired) electrons. The maximum Gasteiger partial charge on any atom is 0.482 e. The van der Waals surface area contributed by atoms with Crippen LogP contribution in [0.1, 0.15) is 24.2 Å². The first-order chi connectivity index (χ1) is 6.16. The van der Waals surface area contributed by atoms with Crippen molar-refractivity contribution >= 4 is 22.4 Å². The number of carbonyl (C=O) groups is 1. The van der Waals surface area contributed by atoms with E-state index in [1.54, 1.807) is 12.1 Å². The molecule has 0 unspecified atom stereocenters. The molecule has 0 aliphatic heterocycles. The Morgan fingerprint density at radius 3 is 2.54 bits per heavy atom. The normalized spacial score (nSPS) is 10.1. The third-order valence-electron chi connectivity index (χ3n) is 1.80. The Kier molecular flexibility index (Phi) is 3.53. The number of benzene rings is 1. The van der Waals surface area contributed by atoms with Gasteiger partial charge in [0.05, 0.1) is 11.3 Å². The smallest absolute Gasteiger partial charge is 0.482 e. The molecule has 0 aliphatic rings. The zero-order valence-corrected chi connectivity index (χ0v) is 8.94. The van der Waals surface area contributed by atoms with E-state index in [0.717, 1.165) is 0 Å². The molecule has 3 heteroatoms. The van der Waals surface area contributed by atoms with Crippen LogP contribution < -0.4 is 3.79 Å². The Labute approximate surface area is 86.7 Å². The number of carbonyl (C=O) groups excluding carboxylic acids is 1. The van der Waals surface area contributed by atoms with Crippen LogP contribution in [0, 0.1) is 5.92 Å². The molecule has 0 N–H and O–H groups in total. The van der Waals surface area contributed by atoms with E-state index in [1.165, 1.54) is 0 Å². The molecule has 0 bridgehead atoms. The van der Waals surface area contributed by atoms with E-state index in [2.05, 4.69) is 16.6 Å². The van der Waals surface area contributed by atoms with Gasteiger partial charge in [-0.3, -0.25) is 4.79 Å². The highest BCUT2D eigenvalue weighted by Crippen LogP contribution is 2.20. The Bertz CT molecular complexity index is 308. The predicted octanol–water partition coefficient (Wildman–Crippen LogP) is 1.99. The average molecular weight is 190 g/mol. The zero-order valence-electron chi connectivity index (χ0n) is 7.78. The zero-order chi connectivity index (χ0) is 9.84. The minimum atomic E-state index is 0.00120. The summed E-state index contributed by atoms with van der Waals surface area (Å²) in [5.41, 5.74) is 0.646. The molecule has 0 spiro atoms. The second kappa shape index (κ2) is 4.46. The fourth-order valence-electron chi connectivity index (χ4n) is 1.08. The molecule has 0 aliphatic carbocycles. The Morgan fingerprint density at radius 2 is 2.00 bits per heavy atom. The van der Waals surface area contributed by atoms with E-state index < -0.39 is 0 Å². The second-order valence-electron chi connectivity index (χ2n) is 3.13.